The van der Waals surface area contributed by atoms with E-state index >= 15 is 0 Å². The van der Waals surface area contributed by atoms with Crippen molar-refractivity contribution in [1.29, 1.82) is 0 Å². The van der Waals surface area contributed by atoms with Gasteiger partial charge in [-0.25, -0.2) is 9.29 Å². The number of carbonyl (C=O) groups excluding carboxylic acids is 2. The summed E-state index contributed by atoms with van der Waals surface area (Å²) in [6.07, 6.45) is 1.54. The highest BCUT2D eigenvalue weighted by atomic mass is 35.5. The van der Waals surface area contributed by atoms with Gasteiger partial charge in [-0.3, -0.25) is 9.59 Å². The van der Waals surface area contributed by atoms with E-state index in [0.717, 1.165) is 22.2 Å². The molecular formula is C24H16Cl2FNO4S. The van der Waals surface area contributed by atoms with Crippen molar-refractivity contribution < 1.29 is 23.5 Å². The third-order valence-corrected chi connectivity index (χ3v) is 6.17. The number of carbonyl (C=O) groups is 2. The predicted octanol–water partition coefficient (Wildman–Crippen LogP) is 6.96. The highest BCUT2D eigenvalue weighted by Crippen LogP contribution is 2.41. The SMILES string of the molecule is COc1ccccc1N1C(=O)S/C(=C\c2cc(Cl)c(OCc3ccc(F)cc3)c(Cl)c2)C1=O. The lowest BCUT2D eigenvalue weighted by Gasteiger charge is -2.15. The summed E-state index contributed by atoms with van der Waals surface area (Å²) in [5.41, 5.74) is 1.65. The first-order valence-corrected chi connectivity index (χ1v) is 11.2. The molecule has 0 bridgehead atoms. The number of ether oxygens (including phenoxy) is 2. The van der Waals surface area contributed by atoms with Gasteiger partial charge in [0.2, 0.25) is 0 Å². The summed E-state index contributed by atoms with van der Waals surface area (Å²) in [6, 6.07) is 15.8. The van der Waals surface area contributed by atoms with Gasteiger partial charge in [0, 0.05) is 0 Å². The molecule has 0 atom stereocenters. The number of imide groups is 1. The van der Waals surface area contributed by atoms with Crippen molar-refractivity contribution in [2.24, 2.45) is 0 Å². The second-order valence-electron chi connectivity index (χ2n) is 6.92. The average Bonchev–Trinajstić information content (AvgIpc) is 3.07. The van der Waals surface area contributed by atoms with Crippen molar-refractivity contribution >= 4 is 57.9 Å². The minimum Gasteiger partial charge on any atom is -0.495 e. The Labute approximate surface area is 203 Å². The highest BCUT2D eigenvalue weighted by molar-refractivity contribution is 8.19. The van der Waals surface area contributed by atoms with E-state index in [-0.39, 0.29) is 33.1 Å². The number of para-hydroxylation sites is 2. The number of hydrogen-bond acceptors (Lipinski definition) is 5. The Hall–Kier alpha value is -3.00. The molecule has 33 heavy (non-hydrogen) atoms. The number of benzene rings is 3. The summed E-state index contributed by atoms with van der Waals surface area (Å²) >= 11 is 13.5. The number of anilines is 1. The highest BCUT2D eigenvalue weighted by Gasteiger charge is 2.37. The van der Waals surface area contributed by atoms with Crippen LogP contribution in [0.2, 0.25) is 10.0 Å². The largest absolute Gasteiger partial charge is 0.495 e. The van der Waals surface area contributed by atoms with Gasteiger partial charge in [0.05, 0.1) is 27.7 Å². The first-order chi connectivity index (χ1) is 15.9. The quantitative estimate of drug-likeness (QED) is 0.340. The molecule has 1 aliphatic heterocycles. The van der Waals surface area contributed by atoms with Crippen molar-refractivity contribution in [1.82, 2.24) is 0 Å². The summed E-state index contributed by atoms with van der Waals surface area (Å²) in [7, 11) is 1.47. The van der Waals surface area contributed by atoms with Gasteiger partial charge in [-0.05, 0) is 65.4 Å². The van der Waals surface area contributed by atoms with Crippen LogP contribution in [-0.2, 0) is 11.4 Å². The number of thioether (sulfide) groups is 1. The molecule has 0 unspecified atom stereocenters. The number of rotatable bonds is 6. The Morgan fingerprint density at radius 3 is 2.36 bits per heavy atom. The molecule has 1 saturated heterocycles. The Morgan fingerprint density at radius 2 is 1.70 bits per heavy atom. The third kappa shape index (κ3) is 5.00. The van der Waals surface area contributed by atoms with E-state index in [4.69, 9.17) is 32.7 Å². The van der Waals surface area contributed by atoms with Gasteiger partial charge in [0.25, 0.3) is 11.1 Å². The van der Waals surface area contributed by atoms with Gasteiger partial charge >= 0.3 is 0 Å². The van der Waals surface area contributed by atoms with E-state index in [1.165, 1.54) is 19.2 Å². The van der Waals surface area contributed by atoms with Crippen LogP contribution in [0, 0.1) is 5.82 Å². The van der Waals surface area contributed by atoms with Gasteiger partial charge in [-0.2, -0.15) is 0 Å². The Morgan fingerprint density at radius 1 is 1.03 bits per heavy atom. The minimum atomic E-state index is -0.474. The van der Waals surface area contributed by atoms with Crippen LogP contribution in [0.5, 0.6) is 11.5 Å². The zero-order valence-corrected chi connectivity index (χ0v) is 19.5. The van der Waals surface area contributed by atoms with Crippen molar-refractivity contribution in [2.75, 3.05) is 12.0 Å². The van der Waals surface area contributed by atoms with Crippen LogP contribution in [-0.4, -0.2) is 18.3 Å². The lowest BCUT2D eigenvalue weighted by molar-refractivity contribution is -0.113. The second kappa shape index (κ2) is 9.87. The number of methoxy groups -OCH3 is 1. The van der Waals surface area contributed by atoms with Crippen LogP contribution in [0.3, 0.4) is 0 Å². The molecule has 3 aromatic rings. The van der Waals surface area contributed by atoms with Gasteiger partial charge in [-0.15, -0.1) is 0 Å². The molecule has 0 saturated carbocycles. The monoisotopic (exact) mass is 503 g/mol. The molecular weight excluding hydrogens is 488 g/mol. The fraction of sp³-hybridized carbons (Fsp3) is 0.0833. The first kappa shape index (κ1) is 23.2. The van der Waals surface area contributed by atoms with Crippen molar-refractivity contribution in [3.8, 4) is 11.5 Å². The van der Waals surface area contributed by atoms with E-state index in [1.807, 2.05) is 0 Å². The first-order valence-electron chi connectivity index (χ1n) is 9.64. The van der Waals surface area contributed by atoms with Crippen molar-refractivity contribution in [2.45, 2.75) is 6.61 Å². The minimum absolute atomic E-state index is 0.150. The van der Waals surface area contributed by atoms with E-state index in [2.05, 4.69) is 0 Å². The molecule has 9 heteroatoms. The van der Waals surface area contributed by atoms with E-state index < -0.39 is 11.1 Å². The molecule has 168 valence electrons. The predicted molar refractivity (Wildman–Crippen MR) is 129 cm³/mol. The van der Waals surface area contributed by atoms with Crippen LogP contribution in [0.15, 0.2) is 65.6 Å². The molecule has 0 aromatic heterocycles. The zero-order chi connectivity index (χ0) is 23.5. The fourth-order valence-corrected chi connectivity index (χ4v) is 4.63. The van der Waals surface area contributed by atoms with Gasteiger partial charge in [-0.1, -0.05) is 47.5 Å². The maximum atomic E-state index is 13.1. The molecule has 3 aromatic carbocycles. The van der Waals surface area contributed by atoms with E-state index in [9.17, 15) is 14.0 Å². The van der Waals surface area contributed by atoms with Gasteiger partial charge in [0.1, 0.15) is 18.2 Å². The lowest BCUT2D eigenvalue weighted by Crippen LogP contribution is -2.28. The summed E-state index contributed by atoms with van der Waals surface area (Å²) in [5, 5.41) is 0.0341. The normalized spacial score (nSPS) is 14.8. The average molecular weight is 504 g/mol. The molecule has 5 nitrogen and oxygen atoms in total. The molecule has 0 N–H and O–H groups in total. The zero-order valence-electron chi connectivity index (χ0n) is 17.2. The number of amides is 2. The smallest absolute Gasteiger partial charge is 0.298 e. The van der Waals surface area contributed by atoms with Crippen LogP contribution >= 0.6 is 35.0 Å². The Kier molecular flexibility index (Phi) is 6.93. The molecule has 1 aliphatic rings. The summed E-state index contributed by atoms with van der Waals surface area (Å²) < 4.78 is 24.0. The van der Waals surface area contributed by atoms with E-state index in [1.54, 1.807) is 54.6 Å². The van der Waals surface area contributed by atoms with Gasteiger partial charge < -0.3 is 9.47 Å². The Balaban J connectivity index is 1.56. The van der Waals surface area contributed by atoms with Crippen LogP contribution in [0.1, 0.15) is 11.1 Å². The van der Waals surface area contributed by atoms with E-state index in [0.29, 0.717) is 17.0 Å². The molecule has 1 fully saturated rings. The summed E-state index contributed by atoms with van der Waals surface area (Å²) in [4.78, 5) is 26.8. The third-order valence-electron chi connectivity index (χ3n) is 4.73. The number of hydrogen-bond donors (Lipinski definition) is 0. The fourth-order valence-electron chi connectivity index (χ4n) is 3.18. The molecule has 1 heterocycles. The van der Waals surface area contributed by atoms with Crippen molar-refractivity contribution in [3.05, 3.63) is 92.6 Å². The Bertz CT molecular complexity index is 1240. The summed E-state index contributed by atoms with van der Waals surface area (Å²) in [6.45, 7) is 0.150. The molecule has 0 radical (unpaired) electrons. The molecule has 4 rings (SSSR count). The van der Waals surface area contributed by atoms with Crippen LogP contribution < -0.4 is 14.4 Å². The van der Waals surface area contributed by atoms with Crippen LogP contribution in [0.4, 0.5) is 14.9 Å². The lowest BCUT2D eigenvalue weighted by atomic mass is 10.2. The maximum absolute atomic E-state index is 13.1. The van der Waals surface area contributed by atoms with Crippen LogP contribution in [0.25, 0.3) is 6.08 Å². The second-order valence-corrected chi connectivity index (χ2v) is 8.73. The molecule has 0 aliphatic carbocycles. The topological polar surface area (TPSA) is 55.8 Å². The standard InChI is InChI=1S/C24H16Cl2FNO4S/c1-31-20-5-3-2-4-19(20)28-23(29)21(33-24(28)30)12-15-10-17(25)22(18(26)11-15)32-13-14-6-8-16(27)9-7-14/h2-12H,13H2,1H3/b21-12-. The van der Waals surface area contributed by atoms with Crippen molar-refractivity contribution in [3.63, 3.8) is 0 Å². The van der Waals surface area contributed by atoms with Gasteiger partial charge in [0.15, 0.2) is 5.75 Å². The molecule has 2 amide bonds. The molecule has 0 spiro atoms. The number of halogens is 3. The maximum Gasteiger partial charge on any atom is 0.298 e. The number of nitrogens with zero attached hydrogens (tertiary/aromatic N) is 1. The summed E-state index contributed by atoms with van der Waals surface area (Å²) in [5.74, 6) is -0.135.